The van der Waals surface area contributed by atoms with Crippen LogP contribution in [-0.4, -0.2) is 65.4 Å². The van der Waals surface area contributed by atoms with E-state index in [1.54, 1.807) is 29.7 Å². The van der Waals surface area contributed by atoms with Crippen LogP contribution in [0.5, 0.6) is 5.75 Å². The number of aromatic nitrogens is 3. The lowest BCUT2D eigenvalue weighted by molar-refractivity contribution is 0.177. The van der Waals surface area contributed by atoms with Crippen LogP contribution in [-0.2, 0) is 16.6 Å². The summed E-state index contributed by atoms with van der Waals surface area (Å²) in [5.41, 5.74) is 3.35. The molecule has 0 radical (unpaired) electrons. The number of fused-ring (bicyclic) bond motifs is 1. The predicted molar refractivity (Wildman–Crippen MR) is 131 cm³/mol. The van der Waals surface area contributed by atoms with Crippen LogP contribution in [0.3, 0.4) is 0 Å². The summed E-state index contributed by atoms with van der Waals surface area (Å²) < 4.78 is 35.3. The van der Waals surface area contributed by atoms with Crippen molar-refractivity contribution < 1.29 is 13.2 Å². The smallest absolute Gasteiger partial charge is 0.243 e. The van der Waals surface area contributed by atoms with Gasteiger partial charge in [-0.15, -0.1) is 0 Å². The Morgan fingerprint density at radius 1 is 0.941 bits per heavy atom. The Morgan fingerprint density at radius 3 is 2.38 bits per heavy atom. The molecule has 1 aliphatic heterocycles. The van der Waals surface area contributed by atoms with E-state index in [-0.39, 0.29) is 0 Å². The van der Waals surface area contributed by atoms with Crippen LogP contribution >= 0.6 is 0 Å². The minimum absolute atomic E-state index is 0.385. The molecule has 0 N–H and O–H groups in total. The monoisotopic (exact) mass is 477 g/mol. The molecular weight excluding hydrogens is 450 g/mol. The van der Waals surface area contributed by atoms with Gasteiger partial charge in [0, 0.05) is 38.1 Å². The molecule has 2 aromatic carbocycles. The standard InChI is InChI=1S/C25H27N5O3S/c1-19-6-3-4-8-23(19)34(31,32)29-16-14-28(15-17-29)18-24-27-22-7-5-13-26-25(22)30(24)20-9-11-21(33-2)12-10-20/h3-13H,14-18H2,1-2H3. The normalized spacial score (nSPS) is 15.6. The number of pyridine rings is 1. The second-order valence-electron chi connectivity index (χ2n) is 8.35. The van der Waals surface area contributed by atoms with Crippen molar-refractivity contribution in [3.05, 3.63) is 78.2 Å². The molecule has 4 aromatic rings. The third-order valence-corrected chi connectivity index (χ3v) is 8.28. The molecule has 34 heavy (non-hydrogen) atoms. The first-order valence-corrected chi connectivity index (χ1v) is 12.7. The average Bonchev–Trinajstić information content (AvgIpc) is 3.22. The summed E-state index contributed by atoms with van der Waals surface area (Å²) in [7, 11) is -1.86. The number of hydrogen-bond donors (Lipinski definition) is 0. The van der Waals surface area contributed by atoms with Gasteiger partial charge in [-0.05, 0) is 55.0 Å². The van der Waals surface area contributed by atoms with E-state index in [0.29, 0.717) is 37.6 Å². The molecule has 0 aliphatic carbocycles. The molecule has 2 aromatic heterocycles. The summed E-state index contributed by atoms with van der Waals surface area (Å²) in [5, 5.41) is 0. The molecule has 0 saturated carbocycles. The predicted octanol–water partition coefficient (Wildman–Crippen LogP) is 3.24. The Balaban J connectivity index is 1.37. The van der Waals surface area contributed by atoms with Crippen molar-refractivity contribution in [1.29, 1.82) is 0 Å². The lowest BCUT2D eigenvalue weighted by Gasteiger charge is -2.34. The van der Waals surface area contributed by atoms with Crippen LogP contribution in [0.2, 0.25) is 0 Å². The molecule has 1 aliphatic rings. The third-order valence-electron chi connectivity index (χ3n) is 6.22. The third kappa shape index (κ3) is 4.18. The minimum atomic E-state index is -3.50. The van der Waals surface area contributed by atoms with Gasteiger partial charge in [-0.2, -0.15) is 4.31 Å². The van der Waals surface area contributed by atoms with Gasteiger partial charge in [0.2, 0.25) is 10.0 Å². The van der Waals surface area contributed by atoms with E-state index in [2.05, 4.69) is 14.5 Å². The molecule has 0 amide bonds. The summed E-state index contributed by atoms with van der Waals surface area (Å²) >= 11 is 0. The lowest BCUT2D eigenvalue weighted by Crippen LogP contribution is -2.48. The van der Waals surface area contributed by atoms with Crippen LogP contribution in [0.15, 0.2) is 71.8 Å². The van der Waals surface area contributed by atoms with Crippen LogP contribution in [0.25, 0.3) is 16.9 Å². The largest absolute Gasteiger partial charge is 0.497 e. The molecule has 0 spiro atoms. The lowest BCUT2D eigenvalue weighted by atomic mass is 10.2. The number of imidazole rings is 1. The van der Waals surface area contributed by atoms with Gasteiger partial charge in [0.15, 0.2) is 5.65 Å². The van der Waals surface area contributed by atoms with Gasteiger partial charge in [-0.3, -0.25) is 9.47 Å². The van der Waals surface area contributed by atoms with Crippen LogP contribution in [0.4, 0.5) is 0 Å². The number of piperazine rings is 1. The van der Waals surface area contributed by atoms with Gasteiger partial charge in [-0.25, -0.2) is 18.4 Å². The molecule has 176 valence electrons. The Bertz CT molecular complexity index is 1410. The van der Waals surface area contributed by atoms with E-state index >= 15 is 0 Å². The van der Waals surface area contributed by atoms with Crippen molar-refractivity contribution in [3.8, 4) is 11.4 Å². The molecule has 8 nitrogen and oxygen atoms in total. The maximum atomic E-state index is 13.2. The highest BCUT2D eigenvalue weighted by Crippen LogP contribution is 2.25. The second kappa shape index (κ2) is 9.17. The minimum Gasteiger partial charge on any atom is -0.497 e. The summed E-state index contributed by atoms with van der Waals surface area (Å²) in [6.07, 6.45) is 1.77. The van der Waals surface area contributed by atoms with Gasteiger partial charge < -0.3 is 4.74 Å². The molecule has 0 atom stereocenters. The number of ether oxygens (including phenoxy) is 1. The zero-order valence-corrected chi connectivity index (χ0v) is 20.1. The fourth-order valence-corrected chi connectivity index (χ4v) is 6.03. The van der Waals surface area contributed by atoms with Crippen LogP contribution in [0.1, 0.15) is 11.4 Å². The fourth-order valence-electron chi connectivity index (χ4n) is 4.38. The van der Waals surface area contributed by atoms with Gasteiger partial charge in [0.1, 0.15) is 17.1 Å². The van der Waals surface area contributed by atoms with E-state index in [1.807, 2.05) is 55.5 Å². The second-order valence-corrected chi connectivity index (χ2v) is 10.3. The zero-order valence-electron chi connectivity index (χ0n) is 19.3. The number of benzene rings is 2. The molecule has 1 fully saturated rings. The Hall–Kier alpha value is -3.27. The summed E-state index contributed by atoms with van der Waals surface area (Å²) in [4.78, 5) is 12.0. The molecule has 1 saturated heterocycles. The highest BCUT2D eigenvalue weighted by atomic mass is 32.2. The van der Waals surface area contributed by atoms with Gasteiger partial charge in [0.05, 0.1) is 18.6 Å². The summed E-state index contributed by atoms with van der Waals surface area (Å²) in [6, 6.07) is 18.8. The fraction of sp³-hybridized carbons (Fsp3) is 0.280. The van der Waals surface area contributed by atoms with E-state index in [0.717, 1.165) is 34.0 Å². The molecular formula is C25H27N5O3S. The average molecular weight is 478 g/mol. The zero-order chi connectivity index (χ0) is 23.7. The first-order chi connectivity index (χ1) is 16.5. The Kier molecular flexibility index (Phi) is 6.07. The molecule has 3 heterocycles. The van der Waals surface area contributed by atoms with E-state index in [9.17, 15) is 8.42 Å². The number of sulfonamides is 1. The number of aryl methyl sites for hydroxylation is 1. The van der Waals surface area contributed by atoms with Gasteiger partial charge in [-0.1, -0.05) is 18.2 Å². The number of nitrogens with zero attached hydrogens (tertiary/aromatic N) is 5. The molecule has 0 unspecified atom stereocenters. The Labute approximate surface area is 199 Å². The van der Waals surface area contributed by atoms with Gasteiger partial charge >= 0.3 is 0 Å². The summed E-state index contributed by atoms with van der Waals surface area (Å²) in [6.45, 7) is 4.57. The topological polar surface area (TPSA) is 80.6 Å². The van der Waals surface area contributed by atoms with E-state index < -0.39 is 10.0 Å². The SMILES string of the molecule is COc1ccc(-n2c(CN3CCN(S(=O)(=O)c4ccccc4C)CC3)nc3cccnc32)cc1. The van der Waals surface area contributed by atoms with E-state index in [4.69, 9.17) is 9.72 Å². The quantitative estimate of drug-likeness (QED) is 0.424. The van der Waals surface area contributed by atoms with Crippen molar-refractivity contribution >= 4 is 21.2 Å². The van der Waals surface area contributed by atoms with Crippen molar-refractivity contribution in [1.82, 2.24) is 23.7 Å². The first-order valence-electron chi connectivity index (χ1n) is 11.2. The number of rotatable bonds is 6. The Morgan fingerprint density at radius 2 is 1.68 bits per heavy atom. The van der Waals surface area contributed by atoms with Crippen LogP contribution in [0, 0.1) is 6.92 Å². The number of hydrogen-bond acceptors (Lipinski definition) is 6. The highest BCUT2D eigenvalue weighted by Gasteiger charge is 2.30. The van der Waals surface area contributed by atoms with Gasteiger partial charge in [0.25, 0.3) is 0 Å². The van der Waals surface area contributed by atoms with E-state index in [1.165, 1.54) is 0 Å². The first kappa shape index (κ1) is 22.5. The molecule has 5 rings (SSSR count). The number of methoxy groups -OCH3 is 1. The highest BCUT2D eigenvalue weighted by molar-refractivity contribution is 7.89. The van der Waals surface area contributed by atoms with Crippen LogP contribution < -0.4 is 4.74 Å². The van der Waals surface area contributed by atoms with Crippen molar-refractivity contribution in [2.75, 3.05) is 33.3 Å². The molecule has 9 heteroatoms. The maximum Gasteiger partial charge on any atom is 0.243 e. The maximum absolute atomic E-state index is 13.2. The summed E-state index contributed by atoms with van der Waals surface area (Å²) in [5.74, 6) is 1.66. The van der Waals surface area contributed by atoms with Crippen molar-refractivity contribution in [3.63, 3.8) is 0 Å². The van der Waals surface area contributed by atoms with Crippen molar-refractivity contribution in [2.45, 2.75) is 18.4 Å². The van der Waals surface area contributed by atoms with Crippen molar-refractivity contribution in [2.24, 2.45) is 0 Å². The molecule has 0 bridgehead atoms.